The highest BCUT2D eigenvalue weighted by atomic mass is 35.5. The Kier molecular flexibility index (Phi) is 5.35. The summed E-state index contributed by atoms with van der Waals surface area (Å²) in [6.45, 7) is 0.902. The first-order valence-corrected chi connectivity index (χ1v) is 8.67. The average Bonchev–Trinajstić information content (AvgIpc) is 2.59. The van der Waals surface area contributed by atoms with Gasteiger partial charge in [-0.3, -0.25) is 9.78 Å². The van der Waals surface area contributed by atoms with Gasteiger partial charge < -0.3 is 10.0 Å². The number of halogens is 2. The van der Waals surface area contributed by atoms with E-state index in [0.717, 1.165) is 5.56 Å². The van der Waals surface area contributed by atoms with Crippen LogP contribution in [0.4, 0.5) is 4.39 Å². The zero-order valence-electron chi connectivity index (χ0n) is 13.8. The van der Waals surface area contributed by atoms with Gasteiger partial charge in [0, 0.05) is 42.5 Å². The molecule has 1 fully saturated rings. The minimum atomic E-state index is -0.826. The van der Waals surface area contributed by atoms with Gasteiger partial charge in [-0.2, -0.15) is 0 Å². The fourth-order valence-electron chi connectivity index (χ4n) is 3.19. The molecule has 1 aliphatic heterocycles. The number of piperidine rings is 1. The molecule has 4 nitrogen and oxygen atoms in total. The van der Waals surface area contributed by atoms with E-state index in [-0.39, 0.29) is 22.9 Å². The lowest BCUT2D eigenvalue weighted by molar-refractivity contribution is -0.134. The molecule has 0 atom stereocenters. The lowest BCUT2D eigenvalue weighted by atomic mass is 9.85. The van der Waals surface area contributed by atoms with Gasteiger partial charge in [-0.15, -0.1) is 0 Å². The molecule has 1 aromatic heterocycles. The van der Waals surface area contributed by atoms with Crippen molar-refractivity contribution in [3.05, 3.63) is 64.7 Å². The molecule has 0 radical (unpaired) electrons. The van der Waals surface area contributed by atoms with Crippen LogP contribution in [-0.2, 0) is 17.6 Å². The van der Waals surface area contributed by atoms with E-state index in [0.29, 0.717) is 32.4 Å². The summed E-state index contributed by atoms with van der Waals surface area (Å²) in [4.78, 5) is 18.1. The molecule has 2 heterocycles. The number of pyridine rings is 1. The van der Waals surface area contributed by atoms with Crippen LogP contribution in [0.15, 0.2) is 42.7 Å². The van der Waals surface area contributed by atoms with E-state index in [2.05, 4.69) is 4.98 Å². The summed E-state index contributed by atoms with van der Waals surface area (Å²) < 4.78 is 13.8. The zero-order chi connectivity index (χ0) is 17.9. The molecule has 1 aliphatic rings. The topological polar surface area (TPSA) is 53.4 Å². The van der Waals surface area contributed by atoms with Crippen molar-refractivity contribution in [2.24, 2.45) is 0 Å². The molecule has 0 unspecified atom stereocenters. The fraction of sp³-hybridized carbons (Fsp3) is 0.368. The molecule has 1 saturated heterocycles. The maximum atomic E-state index is 13.8. The molecule has 0 bridgehead atoms. The summed E-state index contributed by atoms with van der Waals surface area (Å²) in [5.41, 5.74) is 0.426. The molecule has 0 aliphatic carbocycles. The van der Waals surface area contributed by atoms with Crippen molar-refractivity contribution in [1.29, 1.82) is 0 Å². The van der Waals surface area contributed by atoms with Crippen LogP contribution in [0, 0.1) is 5.82 Å². The second-order valence-electron chi connectivity index (χ2n) is 6.51. The Morgan fingerprint density at radius 2 is 1.92 bits per heavy atom. The van der Waals surface area contributed by atoms with Crippen molar-refractivity contribution in [1.82, 2.24) is 9.88 Å². The van der Waals surface area contributed by atoms with Crippen LogP contribution in [0.5, 0.6) is 0 Å². The molecule has 3 rings (SSSR count). The number of aliphatic hydroxyl groups is 1. The fourth-order valence-corrected chi connectivity index (χ4v) is 3.42. The third-order valence-electron chi connectivity index (χ3n) is 4.72. The van der Waals surface area contributed by atoms with Crippen LogP contribution in [0.25, 0.3) is 0 Å². The summed E-state index contributed by atoms with van der Waals surface area (Å²) >= 11 is 5.99. The molecule has 6 heteroatoms. The molecule has 0 saturated carbocycles. The number of hydrogen-bond acceptors (Lipinski definition) is 3. The summed E-state index contributed by atoms with van der Waals surface area (Å²) in [7, 11) is 0. The highest BCUT2D eigenvalue weighted by Gasteiger charge is 2.34. The molecular formula is C19H20ClFN2O2. The maximum Gasteiger partial charge on any atom is 0.227 e. The first kappa shape index (κ1) is 17.8. The van der Waals surface area contributed by atoms with Crippen LogP contribution in [-0.4, -0.2) is 39.6 Å². The molecule has 0 spiro atoms. The summed E-state index contributed by atoms with van der Waals surface area (Å²) in [6, 6.07) is 8.17. The van der Waals surface area contributed by atoms with E-state index >= 15 is 0 Å². The first-order chi connectivity index (χ1) is 12.0. The van der Waals surface area contributed by atoms with Gasteiger partial charge in [0.25, 0.3) is 0 Å². The van der Waals surface area contributed by atoms with Gasteiger partial charge in [0.05, 0.1) is 12.0 Å². The zero-order valence-corrected chi connectivity index (χ0v) is 14.5. The van der Waals surface area contributed by atoms with Crippen molar-refractivity contribution in [3.63, 3.8) is 0 Å². The van der Waals surface area contributed by atoms with E-state index in [1.807, 2.05) is 12.1 Å². The van der Waals surface area contributed by atoms with Gasteiger partial charge in [0.1, 0.15) is 5.82 Å². The van der Waals surface area contributed by atoms with Gasteiger partial charge >= 0.3 is 0 Å². The Morgan fingerprint density at radius 1 is 1.24 bits per heavy atom. The van der Waals surface area contributed by atoms with Crippen molar-refractivity contribution in [2.75, 3.05) is 13.1 Å². The first-order valence-electron chi connectivity index (χ1n) is 8.29. The predicted octanol–water partition coefficient (Wildman–Crippen LogP) is 3.01. The number of rotatable bonds is 4. The summed E-state index contributed by atoms with van der Waals surface area (Å²) in [5, 5.41) is 11.0. The monoisotopic (exact) mass is 362 g/mol. The Balaban J connectivity index is 1.59. The third-order valence-corrected chi connectivity index (χ3v) is 5.07. The van der Waals surface area contributed by atoms with Gasteiger partial charge in [-0.1, -0.05) is 17.7 Å². The van der Waals surface area contributed by atoms with E-state index < -0.39 is 11.4 Å². The molecule has 1 N–H and O–H groups in total. The highest BCUT2D eigenvalue weighted by molar-refractivity contribution is 6.31. The molecule has 2 aromatic rings. The highest BCUT2D eigenvalue weighted by Crippen LogP contribution is 2.27. The molecule has 1 amide bonds. The van der Waals surface area contributed by atoms with Crippen LogP contribution in [0.1, 0.15) is 24.0 Å². The number of hydrogen-bond donors (Lipinski definition) is 1. The van der Waals surface area contributed by atoms with Crippen molar-refractivity contribution in [3.8, 4) is 0 Å². The minimum Gasteiger partial charge on any atom is -0.389 e. The van der Waals surface area contributed by atoms with Gasteiger partial charge in [-0.25, -0.2) is 4.39 Å². The maximum absolute atomic E-state index is 13.8. The van der Waals surface area contributed by atoms with Crippen molar-refractivity contribution in [2.45, 2.75) is 31.3 Å². The number of carbonyl (C=O) groups excluding carboxylic acids is 1. The minimum absolute atomic E-state index is 0.0612. The average molecular weight is 363 g/mol. The number of carbonyl (C=O) groups is 1. The smallest absolute Gasteiger partial charge is 0.227 e. The molecule has 132 valence electrons. The normalized spacial score (nSPS) is 16.7. The number of nitrogens with zero attached hydrogens (tertiary/aromatic N) is 2. The standard InChI is InChI=1S/C19H20ClFN2O2/c20-16-2-1-3-17(21)15(16)12-18(24)23-10-6-19(25,7-11-23)13-14-4-8-22-9-5-14/h1-5,8-9,25H,6-7,10-13H2. The number of amides is 1. The Morgan fingerprint density at radius 3 is 2.56 bits per heavy atom. The quantitative estimate of drug-likeness (QED) is 0.909. The Labute approximate surface area is 151 Å². The summed E-state index contributed by atoms with van der Waals surface area (Å²) in [6.07, 6.45) is 4.87. The van der Waals surface area contributed by atoms with Crippen LogP contribution < -0.4 is 0 Å². The largest absolute Gasteiger partial charge is 0.389 e. The second-order valence-corrected chi connectivity index (χ2v) is 6.92. The second kappa shape index (κ2) is 7.50. The van der Waals surface area contributed by atoms with Gasteiger partial charge in [0.15, 0.2) is 0 Å². The molecule has 1 aromatic carbocycles. The predicted molar refractivity (Wildman–Crippen MR) is 93.8 cm³/mol. The van der Waals surface area contributed by atoms with E-state index in [4.69, 9.17) is 11.6 Å². The van der Waals surface area contributed by atoms with E-state index in [1.165, 1.54) is 12.1 Å². The Bertz CT molecular complexity index is 726. The SMILES string of the molecule is O=C(Cc1c(F)cccc1Cl)N1CCC(O)(Cc2ccncc2)CC1. The Hall–Kier alpha value is -1.98. The van der Waals surface area contributed by atoms with E-state index in [9.17, 15) is 14.3 Å². The number of aromatic nitrogens is 1. The van der Waals surface area contributed by atoms with Gasteiger partial charge in [-0.05, 0) is 42.7 Å². The van der Waals surface area contributed by atoms with Crippen molar-refractivity contribution >= 4 is 17.5 Å². The van der Waals surface area contributed by atoms with Gasteiger partial charge in [0.2, 0.25) is 5.91 Å². The lowest BCUT2D eigenvalue weighted by Crippen LogP contribution is -2.48. The molecule has 25 heavy (non-hydrogen) atoms. The number of benzene rings is 1. The molecular weight excluding hydrogens is 343 g/mol. The third kappa shape index (κ3) is 4.35. The van der Waals surface area contributed by atoms with Crippen molar-refractivity contribution < 1.29 is 14.3 Å². The van der Waals surface area contributed by atoms with Crippen LogP contribution in [0.3, 0.4) is 0 Å². The number of likely N-dealkylation sites (tertiary alicyclic amines) is 1. The van der Waals surface area contributed by atoms with Crippen LogP contribution >= 0.6 is 11.6 Å². The van der Waals surface area contributed by atoms with Crippen LogP contribution in [0.2, 0.25) is 5.02 Å². The lowest BCUT2D eigenvalue weighted by Gasteiger charge is -2.38. The summed E-state index contributed by atoms with van der Waals surface area (Å²) in [5.74, 6) is -0.634. The van der Waals surface area contributed by atoms with E-state index in [1.54, 1.807) is 23.4 Å².